The first kappa shape index (κ1) is 15.0. The van der Waals surface area contributed by atoms with Gasteiger partial charge in [-0.2, -0.15) is 4.98 Å². The number of aromatic nitrogens is 3. The van der Waals surface area contributed by atoms with E-state index in [1.54, 1.807) is 0 Å². The number of terminal acetylenes is 1. The van der Waals surface area contributed by atoms with Crippen LogP contribution in [0.25, 0.3) is 11.0 Å². The van der Waals surface area contributed by atoms with Gasteiger partial charge in [-0.15, -0.1) is 6.42 Å². The Kier molecular flexibility index (Phi) is 3.45. The van der Waals surface area contributed by atoms with Crippen molar-refractivity contribution in [1.29, 1.82) is 0 Å². The summed E-state index contributed by atoms with van der Waals surface area (Å²) in [7, 11) is 0. The number of hydrogen-bond donors (Lipinski definition) is 3. The van der Waals surface area contributed by atoms with E-state index in [2.05, 4.69) is 15.9 Å². The minimum Gasteiger partial charge on any atom is -0.392 e. The second-order valence-corrected chi connectivity index (χ2v) is 5.31. The van der Waals surface area contributed by atoms with E-state index in [4.69, 9.17) is 28.5 Å². The van der Waals surface area contributed by atoms with Crippen molar-refractivity contribution in [2.24, 2.45) is 0 Å². The van der Waals surface area contributed by atoms with Crippen molar-refractivity contribution in [3.05, 3.63) is 17.3 Å². The van der Waals surface area contributed by atoms with E-state index in [9.17, 15) is 14.6 Å². The van der Waals surface area contributed by atoms with Crippen LogP contribution in [0, 0.1) is 18.2 Å². The van der Waals surface area contributed by atoms with Crippen LogP contribution in [0.2, 0.25) is 5.28 Å². The summed E-state index contributed by atoms with van der Waals surface area (Å²) in [6.45, 7) is -0.569. The first-order valence-electron chi connectivity index (χ1n) is 6.35. The molecule has 1 fully saturated rings. The van der Waals surface area contributed by atoms with Gasteiger partial charge in [-0.1, -0.05) is 5.92 Å². The molecule has 0 spiro atoms. The molecule has 1 aliphatic rings. The smallest absolute Gasteiger partial charge is 0.226 e. The van der Waals surface area contributed by atoms with Gasteiger partial charge in [-0.05, 0) is 11.6 Å². The van der Waals surface area contributed by atoms with Crippen LogP contribution in [0.4, 0.5) is 10.2 Å². The Labute approximate surface area is 129 Å². The van der Waals surface area contributed by atoms with Crippen molar-refractivity contribution in [3.8, 4) is 12.3 Å². The minimum absolute atomic E-state index is 0.00435. The number of fused-ring (bicyclic) bond motifs is 1. The van der Waals surface area contributed by atoms with Crippen LogP contribution in [0.1, 0.15) is 12.6 Å². The molecule has 1 saturated heterocycles. The first-order chi connectivity index (χ1) is 10.4. The van der Waals surface area contributed by atoms with Crippen molar-refractivity contribution in [3.63, 3.8) is 0 Å². The van der Waals surface area contributed by atoms with E-state index < -0.39 is 30.4 Å². The number of halogens is 2. The molecule has 2 aromatic heterocycles. The van der Waals surface area contributed by atoms with Crippen molar-refractivity contribution < 1.29 is 19.3 Å². The largest absolute Gasteiger partial charge is 0.392 e. The highest BCUT2D eigenvalue weighted by Crippen LogP contribution is 2.39. The Morgan fingerprint density at radius 2 is 2.36 bits per heavy atom. The van der Waals surface area contributed by atoms with Gasteiger partial charge in [0.25, 0.3) is 0 Å². The normalized spacial score (nSPS) is 28.1. The quantitative estimate of drug-likeness (QED) is 0.546. The molecule has 0 radical (unpaired) electrons. The molecule has 9 heteroatoms. The molecule has 3 atom stereocenters. The Bertz CT molecular complexity index is 790. The standard InChI is InChI=1S/C13H12ClFN4O3/c1-2-13(5-20)7(21)3-8(22-13)19-4-6(15)9-10(16)17-12(14)18-11(9)19/h1,4,7-8,20-21H,3,5H2,(H2,16,17,18)/t7-,8+,13+/m0/s1. The lowest BCUT2D eigenvalue weighted by atomic mass is 9.99. The van der Waals surface area contributed by atoms with Crippen LogP contribution in [-0.4, -0.2) is 43.1 Å². The molecule has 4 N–H and O–H groups in total. The molecule has 0 bridgehead atoms. The molecule has 3 rings (SSSR count). The molecule has 22 heavy (non-hydrogen) atoms. The third kappa shape index (κ3) is 2.02. The van der Waals surface area contributed by atoms with Gasteiger partial charge in [-0.25, -0.2) is 9.37 Å². The van der Waals surface area contributed by atoms with E-state index in [0.29, 0.717) is 0 Å². The van der Waals surface area contributed by atoms with Crippen molar-refractivity contribution in [1.82, 2.24) is 14.5 Å². The average molecular weight is 327 g/mol. The summed E-state index contributed by atoms with van der Waals surface area (Å²) in [6.07, 6.45) is 4.57. The number of aliphatic hydroxyl groups excluding tert-OH is 2. The zero-order valence-electron chi connectivity index (χ0n) is 11.2. The van der Waals surface area contributed by atoms with Crippen molar-refractivity contribution in [2.45, 2.75) is 24.4 Å². The highest BCUT2D eigenvalue weighted by atomic mass is 35.5. The fourth-order valence-corrected chi connectivity index (χ4v) is 2.73. The minimum atomic E-state index is -1.54. The van der Waals surface area contributed by atoms with Gasteiger partial charge in [0.15, 0.2) is 17.1 Å². The highest BCUT2D eigenvalue weighted by molar-refractivity contribution is 6.28. The number of rotatable bonds is 2. The number of anilines is 1. The Morgan fingerprint density at radius 1 is 1.64 bits per heavy atom. The van der Waals surface area contributed by atoms with Crippen molar-refractivity contribution >= 4 is 28.5 Å². The van der Waals surface area contributed by atoms with Crippen LogP contribution >= 0.6 is 11.6 Å². The molecule has 0 aliphatic carbocycles. The fourth-order valence-electron chi connectivity index (χ4n) is 2.56. The predicted molar refractivity (Wildman–Crippen MR) is 76.3 cm³/mol. The lowest BCUT2D eigenvalue weighted by Gasteiger charge is -2.23. The van der Waals surface area contributed by atoms with Crippen LogP contribution in [0.15, 0.2) is 6.20 Å². The maximum atomic E-state index is 14.1. The summed E-state index contributed by atoms with van der Waals surface area (Å²) in [5.41, 5.74) is 4.23. The maximum Gasteiger partial charge on any atom is 0.226 e. The van der Waals surface area contributed by atoms with Crippen molar-refractivity contribution in [2.75, 3.05) is 12.3 Å². The summed E-state index contributed by atoms with van der Waals surface area (Å²) < 4.78 is 21.0. The van der Waals surface area contributed by atoms with Crippen LogP contribution in [0.5, 0.6) is 0 Å². The van der Waals surface area contributed by atoms with Gasteiger partial charge in [-0.3, -0.25) is 0 Å². The predicted octanol–water partition coefficient (Wildman–Crippen LogP) is 0.450. The van der Waals surface area contributed by atoms with Gasteiger partial charge >= 0.3 is 0 Å². The molecular weight excluding hydrogens is 315 g/mol. The molecule has 116 valence electrons. The average Bonchev–Trinajstić information content (AvgIpc) is 2.97. The van der Waals surface area contributed by atoms with Crippen LogP contribution in [0.3, 0.4) is 0 Å². The van der Waals surface area contributed by atoms with Gasteiger partial charge in [0.2, 0.25) is 5.28 Å². The summed E-state index contributed by atoms with van der Waals surface area (Å²) in [5, 5.41) is 19.3. The zero-order valence-corrected chi connectivity index (χ0v) is 12.0. The van der Waals surface area contributed by atoms with E-state index in [1.807, 2.05) is 0 Å². The third-order valence-corrected chi connectivity index (χ3v) is 3.89. The molecule has 2 aromatic rings. The van der Waals surface area contributed by atoms with E-state index in [1.165, 1.54) is 4.57 Å². The van der Waals surface area contributed by atoms with Gasteiger partial charge in [0, 0.05) is 12.6 Å². The van der Waals surface area contributed by atoms with Gasteiger partial charge in [0.05, 0.1) is 12.0 Å². The first-order valence-corrected chi connectivity index (χ1v) is 6.73. The summed E-state index contributed by atoms with van der Waals surface area (Å²) in [6, 6.07) is 0. The second-order valence-electron chi connectivity index (χ2n) is 4.98. The SMILES string of the molecule is C#C[C@]1(CO)O[C@@H](n2cc(F)c3c(N)nc(Cl)nc32)C[C@@H]1O. The second kappa shape index (κ2) is 5.07. The molecule has 7 nitrogen and oxygen atoms in total. The van der Waals surface area contributed by atoms with E-state index in [-0.39, 0.29) is 28.6 Å². The Balaban J connectivity index is 2.11. The maximum absolute atomic E-state index is 14.1. The van der Waals surface area contributed by atoms with Crippen LogP contribution < -0.4 is 5.73 Å². The summed E-state index contributed by atoms with van der Waals surface area (Å²) in [5.74, 6) is 1.49. The highest BCUT2D eigenvalue weighted by Gasteiger charge is 2.47. The number of aliphatic hydroxyl groups is 2. The van der Waals surface area contributed by atoms with Gasteiger partial charge in [0.1, 0.15) is 18.1 Å². The molecule has 0 saturated carbocycles. The lowest BCUT2D eigenvalue weighted by molar-refractivity contribution is -0.0891. The van der Waals surface area contributed by atoms with Crippen LogP contribution in [-0.2, 0) is 4.74 Å². The van der Waals surface area contributed by atoms with E-state index in [0.717, 1.165) is 6.20 Å². The molecular formula is C13H12ClFN4O3. The number of hydrogen-bond acceptors (Lipinski definition) is 6. The summed E-state index contributed by atoms with van der Waals surface area (Å²) >= 11 is 5.75. The van der Waals surface area contributed by atoms with Gasteiger partial charge < -0.3 is 25.3 Å². The summed E-state index contributed by atoms with van der Waals surface area (Å²) in [4.78, 5) is 7.64. The molecule has 3 heterocycles. The number of nitrogen functional groups attached to an aromatic ring is 1. The topological polar surface area (TPSA) is 106 Å². The molecule has 1 aliphatic heterocycles. The number of ether oxygens (including phenoxy) is 1. The zero-order chi connectivity index (χ0) is 16.1. The monoisotopic (exact) mass is 326 g/mol. The third-order valence-electron chi connectivity index (χ3n) is 3.73. The Hall–Kier alpha value is -1.92. The Morgan fingerprint density at radius 3 is 2.95 bits per heavy atom. The van der Waals surface area contributed by atoms with E-state index >= 15 is 0 Å². The molecule has 0 aromatic carbocycles. The number of nitrogens with zero attached hydrogens (tertiary/aromatic N) is 3. The molecule has 0 unspecified atom stereocenters. The number of nitrogens with two attached hydrogens (primary N) is 1. The molecule has 0 amide bonds. The lowest BCUT2D eigenvalue weighted by Crippen LogP contribution is -2.41. The fraction of sp³-hybridized carbons (Fsp3) is 0.385.